The van der Waals surface area contributed by atoms with E-state index < -0.39 is 5.60 Å². The average Bonchev–Trinajstić information content (AvgIpc) is 2.95. The third-order valence-corrected chi connectivity index (χ3v) is 6.42. The lowest BCUT2D eigenvalue weighted by Crippen LogP contribution is -2.42. The number of unbranched alkanes of at least 4 members (excludes halogenated alkanes) is 1. The van der Waals surface area contributed by atoms with E-state index in [0.717, 1.165) is 49.7 Å². The van der Waals surface area contributed by atoms with E-state index in [4.69, 9.17) is 4.74 Å². The number of hydrogen-bond donors (Lipinski definition) is 2. The Hall–Kier alpha value is -3.09. The first-order chi connectivity index (χ1) is 19.0. The minimum absolute atomic E-state index is 0.0192. The summed E-state index contributed by atoms with van der Waals surface area (Å²) in [6, 6.07) is 5.92. The van der Waals surface area contributed by atoms with Crippen molar-refractivity contribution in [2.45, 2.75) is 106 Å². The number of likely N-dealkylation sites (tertiary alicyclic amines) is 1. The number of carbonyl (C=O) groups is 3. The summed E-state index contributed by atoms with van der Waals surface area (Å²) in [6.07, 6.45) is 11.2. The van der Waals surface area contributed by atoms with E-state index in [-0.39, 0.29) is 29.9 Å². The van der Waals surface area contributed by atoms with Gasteiger partial charge in [-0.3, -0.25) is 9.59 Å². The largest absolute Gasteiger partial charge is 0.444 e. The smallest absolute Gasteiger partial charge is 0.407 e. The van der Waals surface area contributed by atoms with E-state index in [1.165, 1.54) is 0 Å². The summed E-state index contributed by atoms with van der Waals surface area (Å²) < 4.78 is 5.20. The van der Waals surface area contributed by atoms with E-state index in [1.54, 1.807) is 13.1 Å². The molecule has 7 heteroatoms. The number of rotatable bonds is 9. The van der Waals surface area contributed by atoms with Crippen molar-refractivity contribution in [2.24, 2.45) is 5.92 Å². The van der Waals surface area contributed by atoms with Gasteiger partial charge in [0.05, 0.1) is 0 Å². The lowest BCUT2D eigenvalue weighted by atomic mass is 9.95. The Morgan fingerprint density at radius 2 is 1.75 bits per heavy atom. The Morgan fingerprint density at radius 3 is 2.23 bits per heavy atom. The van der Waals surface area contributed by atoms with Crippen LogP contribution in [0.3, 0.4) is 0 Å². The summed E-state index contributed by atoms with van der Waals surface area (Å²) in [4.78, 5) is 37.6. The van der Waals surface area contributed by atoms with Crippen molar-refractivity contribution in [3.63, 3.8) is 0 Å². The van der Waals surface area contributed by atoms with Crippen LogP contribution in [0.15, 0.2) is 30.9 Å². The highest BCUT2D eigenvalue weighted by atomic mass is 16.6. The minimum atomic E-state index is -0.410. The molecule has 0 aromatic heterocycles. The molecule has 1 aliphatic rings. The maximum absolute atomic E-state index is 12.7. The zero-order valence-corrected chi connectivity index (χ0v) is 26.6. The van der Waals surface area contributed by atoms with Crippen molar-refractivity contribution >= 4 is 30.1 Å². The zero-order valence-electron chi connectivity index (χ0n) is 26.6. The molecular weight excluding hydrogens is 502 g/mol. The normalized spacial score (nSPS) is 14.2. The molecule has 1 fully saturated rings. The molecular formula is C33H55N3O4. The van der Waals surface area contributed by atoms with Gasteiger partial charge in [-0.2, -0.15) is 0 Å². The minimum Gasteiger partial charge on any atom is -0.444 e. The fourth-order valence-corrected chi connectivity index (χ4v) is 4.25. The van der Waals surface area contributed by atoms with Crippen molar-refractivity contribution in [1.29, 1.82) is 0 Å². The molecule has 40 heavy (non-hydrogen) atoms. The average molecular weight is 558 g/mol. The van der Waals surface area contributed by atoms with Crippen LogP contribution >= 0.6 is 0 Å². The van der Waals surface area contributed by atoms with E-state index in [0.29, 0.717) is 18.7 Å². The van der Waals surface area contributed by atoms with Crippen LogP contribution in [0, 0.1) is 5.92 Å². The molecule has 0 saturated carbocycles. The highest BCUT2D eigenvalue weighted by molar-refractivity contribution is 5.95. The lowest BCUT2D eigenvalue weighted by molar-refractivity contribution is -0.125. The molecule has 1 aromatic carbocycles. The zero-order chi connectivity index (χ0) is 30.7. The van der Waals surface area contributed by atoms with Crippen LogP contribution in [-0.4, -0.2) is 54.6 Å². The van der Waals surface area contributed by atoms with Gasteiger partial charge in [-0.25, -0.2) is 4.79 Å². The van der Waals surface area contributed by atoms with Crippen LogP contribution < -0.4 is 10.6 Å². The molecule has 2 rings (SSSR count). The molecule has 1 atom stereocenters. The van der Waals surface area contributed by atoms with Gasteiger partial charge in [-0.05, 0) is 76.6 Å². The maximum Gasteiger partial charge on any atom is 0.407 e. The van der Waals surface area contributed by atoms with E-state index >= 15 is 0 Å². The summed E-state index contributed by atoms with van der Waals surface area (Å²) in [6.45, 7) is 20.9. The second-order valence-corrected chi connectivity index (χ2v) is 10.6. The number of amides is 3. The van der Waals surface area contributed by atoms with Gasteiger partial charge in [0.25, 0.3) is 5.91 Å². The monoisotopic (exact) mass is 557 g/mol. The lowest BCUT2D eigenvalue weighted by Gasteiger charge is -2.31. The predicted molar refractivity (Wildman–Crippen MR) is 168 cm³/mol. The molecule has 1 unspecified atom stereocenters. The first-order valence-electron chi connectivity index (χ1n) is 14.9. The number of alkyl carbamates (subject to hydrolysis) is 1. The Kier molecular flexibility index (Phi) is 18.4. The first kappa shape index (κ1) is 36.9. The molecule has 1 heterocycles. The fraction of sp³-hybridized carbons (Fsp3) is 0.606. The third-order valence-electron chi connectivity index (χ3n) is 6.42. The Labute approximate surface area is 243 Å². The van der Waals surface area contributed by atoms with Gasteiger partial charge in [0.2, 0.25) is 5.91 Å². The molecule has 0 radical (unpaired) electrons. The number of allylic oxidation sites excluding steroid dienone is 1. The second kappa shape index (κ2) is 19.9. The number of hydrogen-bond acceptors (Lipinski definition) is 4. The number of benzene rings is 1. The molecule has 1 saturated heterocycles. The summed E-state index contributed by atoms with van der Waals surface area (Å²) in [5.74, 6) is 0.121. The molecule has 226 valence electrons. The fourth-order valence-electron chi connectivity index (χ4n) is 4.25. The summed E-state index contributed by atoms with van der Waals surface area (Å²) in [7, 11) is 1.66. The van der Waals surface area contributed by atoms with Crippen molar-refractivity contribution in [3.05, 3.63) is 47.5 Å². The van der Waals surface area contributed by atoms with Gasteiger partial charge >= 0.3 is 6.09 Å². The van der Waals surface area contributed by atoms with Crippen LogP contribution in [0.4, 0.5) is 4.79 Å². The Bertz CT molecular complexity index is 942. The van der Waals surface area contributed by atoms with Crippen molar-refractivity contribution in [1.82, 2.24) is 15.5 Å². The van der Waals surface area contributed by atoms with E-state index in [2.05, 4.69) is 31.1 Å². The van der Waals surface area contributed by atoms with Crippen LogP contribution in [0.5, 0.6) is 0 Å². The number of ether oxygens (including phenoxy) is 1. The Morgan fingerprint density at radius 1 is 1.12 bits per heavy atom. The van der Waals surface area contributed by atoms with Gasteiger partial charge in [0.15, 0.2) is 0 Å². The van der Waals surface area contributed by atoms with E-state index in [9.17, 15) is 14.4 Å². The number of nitrogens with one attached hydrogen (secondary N) is 2. The SMILES string of the molecule is C=Cc1ccc(C(=O)N2CCC(C(=O)NC)CC2)cc1/C=C\C.CC.CCCCC(CC)NC(=O)OC(C)(C)C. The number of carbonyl (C=O) groups excluding carboxylic acids is 3. The number of nitrogens with zero attached hydrogens (tertiary/aromatic N) is 1. The topological polar surface area (TPSA) is 87.7 Å². The molecule has 0 bridgehead atoms. The van der Waals surface area contributed by atoms with Gasteiger partial charge in [-0.15, -0.1) is 0 Å². The molecule has 0 spiro atoms. The highest BCUT2D eigenvalue weighted by Crippen LogP contribution is 2.21. The summed E-state index contributed by atoms with van der Waals surface area (Å²) >= 11 is 0. The standard InChI is InChI=1S/C19H24N2O2.C12H25NO2.C2H6/c1-4-6-16-13-17(8-7-14(16)5-2)19(23)21-11-9-15(10-12-21)18(22)20-3;1-6-8-9-10(7-2)13-11(14)15-12(3,4)5;1-2/h4-8,13,15H,2,9-12H2,1,3H3,(H,20,22);10H,6-9H2,1-5H3,(H,13,14);1-2H3/b6-4-;;. The molecule has 3 amide bonds. The van der Waals surface area contributed by atoms with Gasteiger partial charge in [0.1, 0.15) is 5.60 Å². The van der Waals surface area contributed by atoms with Crippen molar-refractivity contribution in [2.75, 3.05) is 20.1 Å². The number of piperidine rings is 1. The van der Waals surface area contributed by atoms with Crippen molar-refractivity contribution < 1.29 is 19.1 Å². The third kappa shape index (κ3) is 13.8. The van der Waals surface area contributed by atoms with Gasteiger partial charge in [-0.1, -0.05) is 71.4 Å². The quantitative estimate of drug-likeness (QED) is 0.330. The molecule has 1 aliphatic heterocycles. The highest BCUT2D eigenvalue weighted by Gasteiger charge is 2.27. The van der Waals surface area contributed by atoms with Crippen molar-refractivity contribution in [3.8, 4) is 0 Å². The molecule has 0 aliphatic carbocycles. The van der Waals surface area contributed by atoms with Crippen LogP contribution in [0.1, 0.15) is 115 Å². The molecule has 7 nitrogen and oxygen atoms in total. The predicted octanol–water partition coefficient (Wildman–Crippen LogP) is 7.47. The van der Waals surface area contributed by atoms with E-state index in [1.807, 2.05) is 76.8 Å². The summed E-state index contributed by atoms with van der Waals surface area (Å²) in [5.41, 5.74) is 2.28. The Balaban J connectivity index is 0.000000779. The summed E-state index contributed by atoms with van der Waals surface area (Å²) in [5, 5.41) is 5.58. The maximum atomic E-state index is 12.7. The second-order valence-electron chi connectivity index (χ2n) is 10.6. The van der Waals surface area contributed by atoms with Gasteiger partial charge < -0.3 is 20.3 Å². The molecule has 2 N–H and O–H groups in total. The van der Waals surface area contributed by atoms with Crippen LogP contribution in [-0.2, 0) is 9.53 Å². The first-order valence-corrected chi connectivity index (χ1v) is 14.9. The van der Waals surface area contributed by atoms with Crippen LogP contribution in [0.2, 0.25) is 0 Å². The van der Waals surface area contributed by atoms with Crippen LogP contribution in [0.25, 0.3) is 12.2 Å². The molecule has 1 aromatic rings. The van der Waals surface area contributed by atoms with Gasteiger partial charge in [0, 0.05) is 37.7 Å².